The lowest BCUT2D eigenvalue weighted by Gasteiger charge is -2.13. The van der Waals surface area contributed by atoms with Crippen LogP contribution in [0.2, 0.25) is 0 Å². The van der Waals surface area contributed by atoms with Crippen LogP contribution in [0.3, 0.4) is 0 Å². The topological polar surface area (TPSA) is 87.3 Å². The van der Waals surface area contributed by atoms with E-state index in [0.717, 1.165) is 27.1 Å². The van der Waals surface area contributed by atoms with E-state index in [-0.39, 0.29) is 18.0 Å². The predicted octanol–water partition coefficient (Wildman–Crippen LogP) is 5.93. The third kappa shape index (κ3) is 3.59. The number of rotatable bonds is 5. The Hall–Kier alpha value is -4.52. The molecule has 4 aromatic carbocycles. The Morgan fingerprint density at radius 2 is 1.55 bits per heavy atom. The Morgan fingerprint density at radius 1 is 0.939 bits per heavy atom. The maximum Gasteiger partial charge on any atom is 0.358 e. The lowest BCUT2D eigenvalue weighted by atomic mass is 9.94. The summed E-state index contributed by atoms with van der Waals surface area (Å²) in [6.45, 7) is 1.97. The van der Waals surface area contributed by atoms with Crippen molar-refractivity contribution in [2.24, 2.45) is 0 Å². The summed E-state index contributed by atoms with van der Waals surface area (Å²) in [7, 11) is 0. The number of hydrogen-bond donors (Lipinski definition) is 0. The van der Waals surface area contributed by atoms with Crippen molar-refractivity contribution in [3.05, 3.63) is 101 Å². The molecule has 0 spiro atoms. The minimum absolute atomic E-state index is 0.0197. The smallest absolute Gasteiger partial charge is 0.358 e. The molecule has 7 nitrogen and oxygen atoms in total. The van der Waals surface area contributed by atoms with Gasteiger partial charge in [0.05, 0.1) is 22.9 Å². The van der Waals surface area contributed by atoms with Gasteiger partial charge in [-0.15, -0.1) is 0 Å². The zero-order valence-corrected chi connectivity index (χ0v) is 17.8. The SMILES string of the molecule is CCOC(=O)c1cc(-c2c3ccccc3cc3ccccc23)n(-c2ccc([N+](=O)[O-])cc2)n1. The van der Waals surface area contributed by atoms with E-state index in [1.807, 2.05) is 48.5 Å². The van der Waals surface area contributed by atoms with Gasteiger partial charge in [0.2, 0.25) is 0 Å². The van der Waals surface area contributed by atoms with Crippen molar-refractivity contribution in [3.63, 3.8) is 0 Å². The molecule has 0 aliphatic rings. The van der Waals surface area contributed by atoms with Crippen LogP contribution in [0.5, 0.6) is 0 Å². The molecule has 0 amide bonds. The first kappa shape index (κ1) is 20.4. The first-order chi connectivity index (χ1) is 16.1. The lowest BCUT2D eigenvalue weighted by Crippen LogP contribution is -2.07. The quantitative estimate of drug-likeness (QED) is 0.147. The molecular formula is C26H19N3O4. The van der Waals surface area contributed by atoms with E-state index in [1.165, 1.54) is 12.1 Å². The molecule has 0 bridgehead atoms. The number of nitro groups is 1. The monoisotopic (exact) mass is 437 g/mol. The summed E-state index contributed by atoms with van der Waals surface area (Å²) in [6, 6.07) is 26.0. The summed E-state index contributed by atoms with van der Waals surface area (Å²) >= 11 is 0. The van der Waals surface area contributed by atoms with Gasteiger partial charge in [0.25, 0.3) is 5.69 Å². The molecular weight excluding hydrogens is 418 g/mol. The normalized spacial score (nSPS) is 11.1. The van der Waals surface area contributed by atoms with E-state index < -0.39 is 10.9 Å². The standard InChI is InChI=1S/C26H19N3O4/c1-2-33-26(30)23-16-24(28(27-23)19-11-13-20(14-12-19)29(31)32)25-21-9-5-3-7-17(21)15-18-8-4-6-10-22(18)25/h3-16H,2H2,1H3. The van der Waals surface area contributed by atoms with Crippen LogP contribution < -0.4 is 0 Å². The van der Waals surface area contributed by atoms with E-state index in [0.29, 0.717) is 11.4 Å². The fourth-order valence-corrected chi connectivity index (χ4v) is 4.07. The van der Waals surface area contributed by atoms with Crippen molar-refractivity contribution in [3.8, 4) is 16.9 Å². The Bertz CT molecular complexity index is 1470. The van der Waals surface area contributed by atoms with Gasteiger partial charge in [-0.1, -0.05) is 48.5 Å². The number of benzene rings is 4. The van der Waals surface area contributed by atoms with Gasteiger partial charge in [0, 0.05) is 17.7 Å². The maximum atomic E-state index is 12.6. The number of non-ortho nitro benzene ring substituents is 1. The van der Waals surface area contributed by atoms with Gasteiger partial charge in [-0.25, -0.2) is 9.48 Å². The van der Waals surface area contributed by atoms with Crippen LogP contribution in [-0.4, -0.2) is 27.3 Å². The molecule has 0 fully saturated rings. The van der Waals surface area contributed by atoms with Gasteiger partial charge in [-0.3, -0.25) is 10.1 Å². The Labute approximate surface area is 189 Å². The minimum atomic E-state index is -0.524. The summed E-state index contributed by atoms with van der Waals surface area (Å²) in [4.78, 5) is 23.2. The molecule has 5 rings (SSSR count). The van der Waals surface area contributed by atoms with E-state index >= 15 is 0 Å². The van der Waals surface area contributed by atoms with Crippen LogP contribution in [0.4, 0.5) is 5.69 Å². The lowest BCUT2D eigenvalue weighted by molar-refractivity contribution is -0.384. The number of carbonyl (C=O) groups excluding carboxylic acids is 1. The molecule has 0 aliphatic heterocycles. The van der Waals surface area contributed by atoms with Crippen molar-refractivity contribution in [1.82, 2.24) is 9.78 Å². The maximum absolute atomic E-state index is 12.6. The van der Waals surface area contributed by atoms with Crippen molar-refractivity contribution >= 4 is 33.2 Å². The predicted molar refractivity (Wildman–Crippen MR) is 127 cm³/mol. The van der Waals surface area contributed by atoms with Crippen LogP contribution in [0.1, 0.15) is 17.4 Å². The van der Waals surface area contributed by atoms with Crippen LogP contribution >= 0.6 is 0 Å². The third-order valence-electron chi connectivity index (χ3n) is 5.53. The number of nitro benzene ring substituents is 1. The van der Waals surface area contributed by atoms with Crippen LogP contribution in [0, 0.1) is 10.1 Å². The largest absolute Gasteiger partial charge is 0.461 e. The first-order valence-corrected chi connectivity index (χ1v) is 10.5. The van der Waals surface area contributed by atoms with Crippen molar-refractivity contribution in [2.75, 3.05) is 6.61 Å². The minimum Gasteiger partial charge on any atom is -0.461 e. The van der Waals surface area contributed by atoms with Gasteiger partial charge in [0.1, 0.15) is 0 Å². The van der Waals surface area contributed by atoms with Gasteiger partial charge >= 0.3 is 5.97 Å². The number of fused-ring (bicyclic) bond motifs is 2. The number of ether oxygens (including phenoxy) is 1. The number of hydrogen-bond acceptors (Lipinski definition) is 5. The average Bonchev–Trinajstić information content (AvgIpc) is 3.28. The van der Waals surface area contributed by atoms with Gasteiger partial charge < -0.3 is 4.74 Å². The molecule has 0 radical (unpaired) electrons. The van der Waals surface area contributed by atoms with Crippen molar-refractivity contribution in [1.29, 1.82) is 0 Å². The summed E-state index contributed by atoms with van der Waals surface area (Å²) in [6.07, 6.45) is 0. The van der Waals surface area contributed by atoms with Crippen LogP contribution in [-0.2, 0) is 4.74 Å². The summed E-state index contributed by atoms with van der Waals surface area (Å²) in [5.41, 5.74) is 2.36. The highest BCUT2D eigenvalue weighted by Crippen LogP contribution is 2.37. The molecule has 1 aromatic heterocycles. The molecule has 33 heavy (non-hydrogen) atoms. The fraction of sp³-hybridized carbons (Fsp3) is 0.0769. The molecule has 0 saturated carbocycles. The van der Waals surface area contributed by atoms with E-state index in [9.17, 15) is 14.9 Å². The molecule has 0 N–H and O–H groups in total. The number of aromatic nitrogens is 2. The molecule has 0 aliphatic carbocycles. The zero-order valence-electron chi connectivity index (χ0n) is 17.8. The van der Waals surface area contributed by atoms with Gasteiger partial charge in [-0.2, -0.15) is 5.10 Å². The molecule has 0 saturated heterocycles. The highest BCUT2D eigenvalue weighted by atomic mass is 16.6. The second kappa shape index (κ2) is 8.20. The first-order valence-electron chi connectivity index (χ1n) is 10.5. The summed E-state index contributed by atoms with van der Waals surface area (Å²) in [5.74, 6) is -0.524. The molecule has 1 heterocycles. The second-order valence-corrected chi connectivity index (χ2v) is 7.51. The second-order valence-electron chi connectivity index (χ2n) is 7.51. The molecule has 0 atom stereocenters. The Balaban J connectivity index is 1.83. The van der Waals surface area contributed by atoms with Gasteiger partial charge in [-0.05, 0) is 52.7 Å². The van der Waals surface area contributed by atoms with E-state index in [2.05, 4.69) is 11.2 Å². The average molecular weight is 437 g/mol. The molecule has 162 valence electrons. The van der Waals surface area contributed by atoms with Crippen LogP contribution in [0.25, 0.3) is 38.5 Å². The number of esters is 1. The fourth-order valence-electron chi connectivity index (χ4n) is 4.07. The summed E-state index contributed by atoms with van der Waals surface area (Å²) in [5, 5.41) is 19.8. The highest BCUT2D eigenvalue weighted by molar-refractivity contribution is 6.12. The third-order valence-corrected chi connectivity index (χ3v) is 5.53. The van der Waals surface area contributed by atoms with Crippen molar-refractivity contribution < 1.29 is 14.5 Å². The number of nitrogens with zero attached hydrogens (tertiary/aromatic N) is 3. The van der Waals surface area contributed by atoms with E-state index in [1.54, 1.807) is 29.8 Å². The zero-order chi connectivity index (χ0) is 22.9. The van der Waals surface area contributed by atoms with E-state index in [4.69, 9.17) is 4.74 Å². The Kier molecular flexibility index (Phi) is 5.06. The summed E-state index contributed by atoms with van der Waals surface area (Å²) < 4.78 is 6.83. The van der Waals surface area contributed by atoms with Crippen molar-refractivity contribution in [2.45, 2.75) is 6.92 Å². The number of carbonyl (C=O) groups is 1. The highest BCUT2D eigenvalue weighted by Gasteiger charge is 2.21. The van der Waals surface area contributed by atoms with Gasteiger partial charge in [0.15, 0.2) is 5.69 Å². The molecule has 5 aromatic rings. The van der Waals surface area contributed by atoms with Crippen LogP contribution in [0.15, 0.2) is 84.9 Å². The Morgan fingerprint density at radius 3 is 2.12 bits per heavy atom. The molecule has 0 unspecified atom stereocenters. The molecule has 7 heteroatoms.